The molecule has 1 nitrogen and oxygen atoms in total. The van der Waals surface area contributed by atoms with Crippen LogP contribution in [0.3, 0.4) is 0 Å². The summed E-state index contributed by atoms with van der Waals surface area (Å²) in [4.78, 5) is 0. The van der Waals surface area contributed by atoms with E-state index in [9.17, 15) is 0 Å². The average molecular weight is 309 g/mol. The van der Waals surface area contributed by atoms with Crippen molar-refractivity contribution >= 4 is 24.7 Å². The van der Waals surface area contributed by atoms with Crippen LogP contribution in [-0.4, -0.2) is 27.3 Å². The Balaban J connectivity index is 3.27. The Kier molecular flexibility index (Phi) is 10.1. The van der Waals surface area contributed by atoms with Crippen LogP contribution in [0.1, 0.15) is 46.0 Å². The quantitative estimate of drug-likeness (QED) is 0.325. The van der Waals surface area contributed by atoms with Crippen molar-refractivity contribution < 1.29 is 4.74 Å². The summed E-state index contributed by atoms with van der Waals surface area (Å²) in [6.07, 6.45) is 6.59. The Morgan fingerprint density at radius 3 is 2.12 bits per heavy atom. The van der Waals surface area contributed by atoms with Crippen LogP contribution in [0.2, 0.25) is 18.1 Å². The molecule has 0 radical (unpaired) electrons. The summed E-state index contributed by atoms with van der Waals surface area (Å²) in [5, 5.41) is 1.60. The number of halogens is 1. The van der Waals surface area contributed by atoms with Gasteiger partial charge in [0.15, 0.2) is 0 Å². The van der Waals surface area contributed by atoms with E-state index in [1.807, 2.05) is 0 Å². The molecule has 98 valence electrons. The van der Waals surface area contributed by atoms with Crippen LogP contribution in [0, 0.1) is 0 Å². The molecule has 16 heavy (non-hydrogen) atoms. The van der Waals surface area contributed by atoms with E-state index in [1.165, 1.54) is 32.1 Å². The van der Waals surface area contributed by atoms with Gasteiger partial charge in [0.25, 0.3) is 0 Å². The first-order valence-electron chi connectivity index (χ1n) is 6.64. The fourth-order valence-electron chi connectivity index (χ4n) is 1.33. The second kappa shape index (κ2) is 9.66. The van der Waals surface area contributed by atoms with Crippen molar-refractivity contribution in [2.24, 2.45) is 0 Å². The van der Waals surface area contributed by atoms with E-state index < -0.39 is 8.80 Å². The number of rotatable bonds is 10. The van der Waals surface area contributed by atoms with Gasteiger partial charge in [-0.05, 0) is 17.9 Å². The summed E-state index contributed by atoms with van der Waals surface area (Å²) in [6, 6.07) is 0. The predicted molar refractivity (Wildman–Crippen MR) is 80.6 cm³/mol. The Bertz CT molecular complexity index is 160. The summed E-state index contributed by atoms with van der Waals surface area (Å²) in [7, 11) is -0.584. The van der Waals surface area contributed by atoms with E-state index in [0.29, 0.717) is 5.04 Å². The molecule has 0 saturated carbocycles. The van der Waals surface area contributed by atoms with Gasteiger partial charge in [0.2, 0.25) is 0 Å². The van der Waals surface area contributed by atoms with Gasteiger partial charge < -0.3 is 4.74 Å². The zero-order chi connectivity index (χ0) is 12.4. The number of unbranched alkanes of at least 4 members (excludes halogenated alkanes) is 4. The zero-order valence-electron chi connectivity index (χ0n) is 11.5. The third-order valence-corrected chi connectivity index (χ3v) is 7.31. The van der Waals surface area contributed by atoms with Crippen LogP contribution in [0.25, 0.3) is 0 Å². The van der Waals surface area contributed by atoms with Gasteiger partial charge in [-0.1, -0.05) is 62.1 Å². The minimum absolute atomic E-state index is 0.454. The molecule has 0 fully saturated rings. The molecule has 0 atom stereocenters. The number of hydrogen-bond donors (Lipinski definition) is 0. The molecular formula is C13H29BrOSi. The molecule has 0 amide bonds. The zero-order valence-corrected chi connectivity index (χ0v) is 14.3. The molecule has 0 bridgehead atoms. The van der Waals surface area contributed by atoms with Gasteiger partial charge in [0.1, 0.15) is 0 Å². The van der Waals surface area contributed by atoms with Gasteiger partial charge in [-0.25, -0.2) is 0 Å². The maximum atomic E-state index is 5.79. The lowest BCUT2D eigenvalue weighted by Crippen LogP contribution is -2.26. The maximum Gasteiger partial charge on any atom is 0.0490 e. The topological polar surface area (TPSA) is 9.23 Å². The van der Waals surface area contributed by atoms with E-state index >= 15 is 0 Å². The SMILES string of the molecule is C[SiH](C)C(C)(C)COCCCCCCCBr. The minimum atomic E-state index is -0.584. The van der Waals surface area contributed by atoms with Crippen LogP contribution < -0.4 is 0 Å². The lowest BCUT2D eigenvalue weighted by atomic mass is 10.2. The molecule has 0 aliphatic carbocycles. The molecule has 0 heterocycles. The molecule has 0 N–H and O–H groups in total. The first-order chi connectivity index (χ1) is 7.50. The van der Waals surface area contributed by atoms with Crippen molar-refractivity contribution in [3.05, 3.63) is 0 Å². The van der Waals surface area contributed by atoms with Gasteiger partial charge in [-0.3, -0.25) is 0 Å². The highest BCUT2D eigenvalue weighted by atomic mass is 79.9. The standard InChI is InChI=1S/C13H29BrOSi/c1-13(2,16(3)4)12-15-11-9-7-5-6-8-10-14/h16H,5-12H2,1-4H3. The second-order valence-electron chi connectivity index (χ2n) is 5.65. The number of hydrogen-bond acceptors (Lipinski definition) is 1. The molecule has 0 rings (SSSR count). The van der Waals surface area contributed by atoms with Crippen molar-refractivity contribution in [3.63, 3.8) is 0 Å². The van der Waals surface area contributed by atoms with Gasteiger partial charge in [0, 0.05) is 27.3 Å². The van der Waals surface area contributed by atoms with Gasteiger partial charge in [0.05, 0.1) is 0 Å². The Morgan fingerprint density at radius 1 is 1.00 bits per heavy atom. The van der Waals surface area contributed by atoms with Gasteiger partial charge in [-0.15, -0.1) is 0 Å². The highest BCUT2D eigenvalue weighted by Gasteiger charge is 2.23. The van der Waals surface area contributed by atoms with E-state index in [1.54, 1.807) is 0 Å². The van der Waals surface area contributed by atoms with Crippen LogP contribution in [0.4, 0.5) is 0 Å². The smallest absolute Gasteiger partial charge is 0.0490 e. The third kappa shape index (κ3) is 8.77. The number of ether oxygens (including phenoxy) is 1. The van der Waals surface area contributed by atoms with Crippen molar-refractivity contribution in [1.82, 2.24) is 0 Å². The molecule has 0 spiro atoms. The van der Waals surface area contributed by atoms with Gasteiger partial charge >= 0.3 is 0 Å². The van der Waals surface area contributed by atoms with Crippen LogP contribution >= 0.6 is 15.9 Å². The molecule has 3 heteroatoms. The van der Waals surface area contributed by atoms with Crippen LogP contribution in [0.5, 0.6) is 0 Å². The first kappa shape index (κ1) is 16.7. The van der Waals surface area contributed by atoms with Crippen molar-refractivity contribution in [2.75, 3.05) is 18.5 Å². The van der Waals surface area contributed by atoms with Crippen molar-refractivity contribution in [1.29, 1.82) is 0 Å². The highest BCUT2D eigenvalue weighted by molar-refractivity contribution is 9.09. The first-order valence-corrected chi connectivity index (χ1v) is 10.6. The van der Waals surface area contributed by atoms with E-state index in [0.717, 1.165) is 18.5 Å². The van der Waals surface area contributed by atoms with Crippen molar-refractivity contribution in [3.8, 4) is 0 Å². The lowest BCUT2D eigenvalue weighted by molar-refractivity contribution is 0.110. The summed E-state index contributed by atoms with van der Waals surface area (Å²) < 4.78 is 5.79. The van der Waals surface area contributed by atoms with Crippen LogP contribution in [0.15, 0.2) is 0 Å². The molecule has 0 aromatic rings. The summed E-state index contributed by atoms with van der Waals surface area (Å²) in [6.45, 7) is 11.4. The fraction of sp³-hybridized carbons (Fsp3) is 1.00. The molecule has 0 aliphatic heterocycles. The molecular weight excluding hydrogens is 280 g/mol. The lowest BCUT2D eigenvalue weighted by Gasteiger charge is -2.27. The minimum Gasteiger partial charge on any atom is -0.381 e. The monoisotopic (exact) mass is 308 g/mol. The van der Waals surface area contributed by atoms with E-state index in [-0.39, 0.29) is 0 Å². The molecule has 0 aromatic carbocycles. The third-order valence-electron chi connectivity index (χ3n) is 3.46. The maximum absolute atomic E-state index is 5.79. The largest absolute Gasteiger partial charge is 0.381 e. The molecule has 0 saturated heterocycles. The average Bonchev–Trinajstić information content (AvgIpc) is 2.21. The summed E-state index contributed by atoms with van der Waals surface area (Å²) in [5.41, 5.74) is 0. The normalized spacial score (nSPS) is 12.4. The van der Waals surface area contributed by atoms with Crippen molar-refractivity contribution in [2.45, 2.75) is 64.1 Å². The summed E-state index contributed by atoms with van der Waals surface area (Å²) >= 11 is 3.46. The van der Waals surface area contributed by atoms with Gasteiger partial charge in [-0.2, -0.15) is 0 Å². The molecule has 0 aliphatic rings. The summed E-state index contributed by atoms with van der Waals surface area (Å²) in [5.74, 6) is 0. The Morgan fingerprint density at radius 2 is 1.56 bits per heavy atom. The second-order valence-corrected chi connectivity index (χ2v) is 10.3. The Labute approximate surface area is 112 Å². The predicted octanol–water partition coefficient (Wildman–Crippen LogP) is 4.62. The highest BCUT2D eigenvalue weighted by Crippen LogP contribution is 2.28. The molecule has 0 unspecified atom stereocenters. The number of alkyl halides is 1. The van der Waals surface area contributed by atoms with E-state index in [2.05, 4.69) is 42.9 Å². The Hall–Kier alpha value is 0.657. The fourth-order valence-corrected chi connectivity index (χ4v) is 2.18. The molecule has 0 aromatic heterocycles. The van der Waals surface area contributed by atoms with Crippen LogP contribution in [-0.2, 0) is 4.74 Å². The van der Waals surface area contributed by atoms with E-state index in [4.69, 9.17) is 4.74 Å².